The Morgan fingerprint density at radius 1 is 1.14 bits per heavy atom. The summed E-state index contributed by atoms with van der Waals surface area (Å²) >= 11 is 0. The molecular formula is C28H43N3O4. The van der Waals surface area contributed by atoms with Crippen LogP contribution in [-0.2, 0) is 9.53 Å². The molecule has 1 fully saturated rings. The molecule has 0 spiro atoms. The number of primary amides is 1. The lowest BCUT2D eigenvalue weighted by molar-refractivity contribution is -0.138. The number of nitrogens with two attached hydrogens (primary N) is 2. The first-order chi connectivity index (χ1) is 16.5. The molecule has 7 nitrogen and oxygen atoms in total. The van der Waals surface area contributed by atoms with Crippen molar-refractivity contribution in [1.29, 1.82) is 0 Å². The van der Waals surface area contributed by atoms with E-state index in [-0.39, 0.29) is 13.0 Å². The van der Waals surface area contributed by atoms with E-state index in [2.05, 4.69) is 0 Å². The number of nitrogens with zero attached hydrogens (tertiary/aromatic N) is 1. The lowest BCUT2D eigenvalue weighted by Crippen LogP contribution is -2.68. The molecule has 3 unspecified atom stereocenters. The molecular weight excluding hydrogens is 442 g/mol. The molecule has 0 bridgehead atoms. The fourth-order valence-electron chi connectivity index (χ4n) is 6.32. The van der Waals surface area contributed by atoms with Gasteiger partial charge in [0.15, 0.2) is 5.78 Å². The fourth-order valence-corrected chi connectivity index (χ4v) is 6.32. The normalized spacial score (nSPS) is 27.8. The number of anilines is 1. The molecule has 194 valence electrons. The lowest BCUT2D eigenvalue weighted by atomic mass is 9.61. The van der Waals surface area contributed by atoms with Crippen LogP contribution in [0.1, 0.15) is 72.1 Å². The van der Waals surface area contributed by atoms with E-state index in [9.17, 15) is 14.7 Å². The molecule has 1 saturated carbocycles. The number of hydrogen-bond donors (Lipinski definition) is 3. The van der Waals surface area contributed by atoms with E-state index in [1.807, 2.05) is 57.2 Å². The Kier molecular flexibility index (Phi) is 8.45. The first-order valence-electron chi connectivity index (χ1n) is 12.9. The van der Waals surface area contributed by atoms with Crippen LogP contribution in [0.3, 0.4) is 0 Å². The van der Waals surface area contributed by atoms with Gasteiger partial charge in [-0.2, -0.15) is 0 Å². The maximum atomic E-state index is 13.3. The van der Waals surface area contributed by atoms with Crippen molar-refractivity contribution < 1.29 is 19.4 Å². The van der Waals surface area contributed by atoms with Gasteiger partial charge in [0.2, 0.25) is 0 Å². The van der Waals surface area contributed by atoms with Crippen molar-refractivity contribution in [3.05, 3.63) is 42.0 Å². The minimum absolute atomic E-state index is 0.0256. The van der Waals surface area contributed by atoms with Crippen LogP contribution >= 0.6 is 0 Å². The molecule has 5 N–H and O–H groups in total. The third kappa shape index (κ3) is 5.47. The second-order valence-corrected chi connectivity index (χ2v) is 11.3. The monoisotopic (exact) mass is 485 g/mol. The van der Waals surface area contributed by atoms with Gasteiger partial charge in [0.25, 0.3) is 0 Å². The number of ketones is 1. The van der Waals surface area contributed by atoms with Crippen LogP contribution in [0.15, 0.2) is 42.0 Å². The molecule has 7 heteroatoms. The summed E-state index contributed by atoms with van der Waals surface area (Å²) in [4.78, 5) is 27.9. The highest BCUT2D eigenvalue weighted by Gasteiger charge is 2.59. The van der Waals surface area contributed by atoms with Gasteiger partial charge in [-0.1, -0.05) is 77.2 Å². The number of para-hydroxylation sites is 1. The summed E-state index contributed by atoms with van der Waals surface area (Å²) in [7, 11) is 1.61. The minimum Gasteiger partial charge on any atom is -0.377 e. The van der Waals surface area contributed by atoms with E-state index in [0.29, 0.717) is 23.6 Å². The Labute approximate surface area is 209 Å². The zero-order valence-corrected chi connectivity index (χ0v) is 21.8. The van der Waals surface area contributed by atoms with Crippen LogP contribution in [0.25, 0.3) is 0 Å². The summed E-state index contributed by atoms with van der Waals surface area (Å²) in [6.45, 7) is 5.57. The number of amides is 2. The Bertz CT molecular complexity index is 920. The van der Waals surface area contributed by atoms with Crippen molar-refractivity contribution in [1.82, 2.24) is 0 Å². The number of Topliss-reactive ketones (excluding diaryl/α,β-unsaturated/α-hetero) is 1. The minimum atomic E-state index is -1.84. The number of hydrogen-bond acceptors (Lipinski definition) is 5. The van der Waals surface area contributed by atoms with Crippen LogP contribution in [0.5, 0.6) is 0 Å². The second kappa shape index (κ2) is 10.8. The highest BCUT2D eigenvalue weighted by atomic mass is 16.5. The van der Waals surface area contributed by atoms with Crippen LogP contribution in [0, 0.1) is 11.3 Å². The van der Waals surface area contributed by atoms with Gasteiger partial charge in [-0.15, -0.1) is 0 Å². The van der Waals surface area contributed by atoms with Crippen molar-refractivity contribution in [2.45, 2.75) is 89.4 Å². The molecule has 0 heterocycles. The molecule has 0 saturated heterocycles. The number of carbonyl (C=O) groups excluding carboxylic acids is 2. The molecule has 0 aliphatic heterocycles. The first-order valence-corrected chi connectivity index (χ1v) is 12.9. The van der Waals surface area contributed by atoms with Crippen molar-refractivity contribution >= 4 is 17.5 Å². The third-order valence-electron chi connectivity index (χ3n) is 7.95. The standard InChI is InChI=1S/C28H43N3O4/c1-26(2,3)22-17-24(35-4)27(19-28(22,34)23(32)18-29,16-15-20-11-7-5-8-12-20)31(25(30)33)21-13-9-6-10-14-21/h6,9-10,13-14,17,20,24,34H,5,7-8,11-12,15-16,18-19,29H2,1-4H3,(H2,30,33). The molecule has 2 amide bonds. The van der Waals surface area contributed by atoms with E-state index in [0.717, 1.165) is 19.3 Å². The number of ether oxygens (including phenoxy) is 1. The Morgan fingerprint density at radius 2 is 1.77 bits per heavy atom. The fraction of sp³-hybridized carbons (Fsp3) is 0.643. The summed E-state index contributed by atoms with van der Waals surface area (Å²) in [5.41, 5.74) is 9.63. The van der Waals surface area contributed by atoms with Gasteiger partial charge in [0.05, 0.1) is 18.2 Å². The van der Waals surface area contributed by atoms with Crippen molar-refractivity contribution in [3.63, 3.8) is 0 Å². The summed E-state index contributed by atoms with van der Waals surface area (Å²) in [5.74, 6) is 0.0580. The number of rotatable bonds is 8. The molecule has 1 aromatic rings. The van der Waals surface area contributed by atoms with Crippen LogP contribution in [-0.4, -0.2) is 47.8 Å². The topological polar surface area (TPSA) is 119 Å². The maximum Gasteiger partial charge on any atom is 0.319 e. The van der Waals surface area contributed by atoms with Crippen LogP contribution in [0.4, 0.5) is 10.5 Å². The van der Waals surface area contributed by atoms with Crippen molar-refractivity contribution in [2.75, 3.05) is 18.6 Å². The zero-order chi connectivity index (χ0) is 25.9. The van der Waals surface area contributed by atoms with Crippen molar-refractivity contribution in [2.24, 2.45) is 22.8 Å². The van der Waals surface area contributed by atoms with Gasteiger partial charge in [-0.25, -0.2) is 4.79 Å². The molecule has 2 aliphatic rings. The Balaban J connectivity index is 2.22. The quantitative estimate of drug-likeness (QED) is 0.474. The van der Waals surface area contributed by atoms with Gasteiger partial charge in [0, 0.05) is 19.2 Å². The SMILES string of the molecule is COC1C=C(C(C)(C)C)C(O)(C(=O)CN)CC1(CCC1CCCCC1)N(C(N)=O)c1ccccc1. The number of carbonyl (C=O) groups is 2. The summed E-state index contributed by atoms with van der Waals surface area (Å²) in [6, 6.07) is 8.57. The average Bonchev–Trinajstić information content (AvgIpc) is 2.82. The highest BCUT2D eigenvalue weighted by molar-refractivity contribution is 5.95. The Hall–Kier alpha value is -2.22. The van der Waals surface area contributed by atoms with Gasteiger partial charge in [0.1, 0.15) is 5.60 Å². The number of methoxy groups -OCH3 is 1. The van der Waals surface area contributed by atoms with Crippen molar-refractivity contribution in [3.8, 4) is 0 Å². The number of aliphatic hydroxyl groups is 1. The maximum absolute atomic E-state index is 13.3. The zero-order valence-electron chi connectivity index (χ0n) is 21.8. The van der Waals surface area contributed by atoms with Gasteiger partial charge in [-0.3, -0.25) is 9.69 Å². The van der Waals surface area contributed by atoms with Crippen LogP contribution in [0.2, 0.25) is 0 Å². The van der Waals surface area contributed by atoms with Gasteiger partial charge < -0.3 is 21.3 Å². The van der Waals surface area contributed by atoms with E-state index < -0.39 is 34.5 Å². The van der Waals surface area contributed by atoms with E-state index >= 15 is 0 Å². The van der Waals surface area contributed by atoms with E-state index in [4.69, 9.17) is 16.2 Å². The molecule has 35 heavy (non-hydrogen) atoms. The lowest BCUT2D eigenvalue weighted by Gasteiger charge is -2.55. The highest BCUT2D eigenvalue weighted by Crippen LogP contribution is 2.50. The molecule has 0 radical (unpaired) electrons. The predicted octanol–water partition coefficient (Wildman–Crippen LogP) is 4.32. The number of urea groups is 1. The third-order valence-corrected chi connectivity index (χ3v) is 7.95. The summed E-state index contributed by atoms with van der Waals surface area (Å²) in [6.07, 6.45) is 8.58. The van der Waals surface area contributed by atoms with Gasteiger partial charge >= 0.3 is 6.03 Å². The number of benzene rings is 1. The second-order valence-electron chi connectivity index (χ2n) is 11.3. The predicted molar refractivity (Wildman–Crippen MR) is 139 cm³/mol. The molecule has 0 aromatic heterocycles. The Morgan fingerprint density at radius 3 is 2.29 bits per heavy atom. The summed E-state index contributed by atoms with van der Waals surface area (Å²) in [5, 5.41) is 12.1. The first kappa shape index (κ1) is 27.4. The molecule has 2 aliphatic carbocycles. The van der Waals surface area contributed by atoms with Gasteiger partial charge in [-0.05, 0) is 41.9 Å². The van der Waals surface area contributed by atoms with E-state index in [1.54, 1.807) is 12.0 Å². The average molecular weight is 486 g/mol. The van der Waals surface area contributed by atoms with Crippen LogP contribution < -0.4 is 16.4 Å². The molecule has 1 aromatic carbocycles. The molecule has 3 atom stereocenters. The van der Waals surface area contributed by atoms with E-state index in [1.165, 1.54) is 19.3 Å². The summed E-state index contributed by atoms with van der Waals surface area (Å²) < 4.78 is 6.05. The molecule has 3 rings (SSSR count). The largest absolute Gasteiger partial charge is 0.377 e. The smallest absolute Gasteiger partial charge is 0.319 e.